The van der Waals surface area contributed by atoms with Gasteiger partial charge in [-0.15, -0.1) is 0 Å². The monoisotopic (exact) mass is 388 g/mol. The Kier molecular flexibility index (Phi) is 5.09. The van der Waals surface area contributed by atoms with Gasteiger partial charge in [0.05, 0.1) is 9.95 Å². The van der Waals surface area contributed by atoms with E-state index in [2.05, 4.69) is 5.32 Å². The molecular weight excluding hydrogens is 376 g/mol. The second-order valence-corrected chi connectivity index (χ2v) is 6.05. The summed E-state index contributed by atoms with van der Waals surface area (Å²) in [5, 5.41) is 14.3. The van der Waals surface area contributed by atoms with Crippen molar-refractivity contribution in [2.24, 2.45) is 0 Å². The highest BCUT2D eigenvalue weighted by Gasteiger charge is 2.16. The summed E-state index contributed by atoms with van der Waals surface area (Å²) >= 11 is 6.16. The summed E-state index contributed by atoms with van der Waals surface area (Å²) in [5.41, 5.74) is 0.291. The van der Waals surface area contributed by atoms with Crippen molar-refractivity contribution >= 4 is 39.9 Å². The molecule has 27 heavy (non-hydrogen) atoms. The molecule has 9 heteroatoms. The lowest BCUT2D eigenvalue weighted by molar-refractivity contribution is -0.383. The van der Waals surface area contributed by atoms with Gasteiger partial charge in [0.25, 0.3) is 11.6 Å². The first-order chi connectivity index (χ1) is 12.8. The van der Waals surface area contributed by atoms with E-state index in [-0.39, 0.29) is 27.7 Å². The lowest BCUT2D eigenvalue weighted by Crippen LogP contribution is -2.20. The summed E-state index contributed by atoms with van der Waals surface area (Å²) in [4.78, 5) is 33.9. The zero-order valence-electron chi connectivity index (χ0n) is 14.0. The molecule has 0 bridgehead atoms. The fourth-order valence-electron chi connectivity index (χ4n) is 2.50. The lowest BCUT2D eigenvalue weighted by atomic mass is 10.1. The number of anilines is 1. The summed E-state index contributed by atoms with van der Waals surface area (Å²) in [7, 11) is 0. The minimum absolute atomic E-state index is 0.0577. The molecule has 8 nitrogen and oxygen atoms in total. The van der Waals surface area contributed by atoms with Crippen LogP contribution >= 0.6 is 11.6 Å². The zero-order valence-corrected chi connectivity index (χ0v) is 14.8. The van der Waals surface area contributed by atoms with Crippen LogP contribution in [-0.4, -0.2) is 17.4 Å². The van der Waals surface area contributed by atoms with Crippen molar-refractivity contribution in [2.45, 2.75) is 6.92 Å². The number of halogens is 1. The number of ether oxygens (including phenoxy) is 1. The number of benzene rings is 2. The molecule has 3 aromatic rings. The fraction of sp³-hybridized carbons (Fsp3) is 0.111. The maximum atomic E-state index is 12.1. The average molecular weight is 389 g/mol. The average Bonchev–Trinajstić information content (AvgIpc) is 2.61. The highest BCUT2D eigenvalue weighted by atomic mass is 35.5. The molecule has 0 unspecified atom stereocenters. The molecule has 0 fully saturated rings. The van der Waals surface area contributed by atoms with E-state index in [1.807, 2.05) is 0 Å². The largest absolute Gasteiger partial charge is 0.482 e. The number of aryl methyl sites for hydroxylation is 1. The van der Waals surface area contributed by atoms with Crippen LogP contribution in [0.2, 0.25) is 5.02 Å². The van der Waals surface area contributed by atoms with Gasteiger partial charge in [-0.1, -0.05) is 23.7 Å². The Morgan fingerprint density at radius 1 is 1.30 bits per heavy atom. The third-order valence-electron chi connectivity index (χ3n) is 3.74. The van der Waals surface area contributed by atoms with Crippen molar-refractivity contribution < 1.29 is 18.9 Å². The zero-order chi connectivity index (χ0) is 19.6. The van der Waals surface area contributed by atoms with Crippen molar-refractivity contribution in [3.63, 3.8) is 0 Å². The molecule has 138 valence electrons. The molecule has 0 saturated carbocycles. The molecule has 0 aliphatic carbocycles. The maximum absolute atomic E-state index is 12.1. The lowest BCUT2D eigenvalue weighted by Gasteiger charge is -2.10. The van der Waals surface area contributed by atoms with Crippen LogP contribution in [0.15, 0.2) is 51.7 Å². The van der Waals surface area contributed by atoms with E-state index >= 15 is 0 Å². The summed E-state index contributed by atoms with van der Waals surface area (Å²) in [6.07, 6.45) is 0. The molecular formula is C18H13ClN2O6. The Morgan fingerprint density at radius 2 is 2.04 bits per heavy atom. The van der Waals surface area contributed by atoms with E-state index in [1.54, 1.807) is 19.1 Å². The number of nitrogens with zero attached hydrogens (tertiary/aromatic N) is 1. The van der Waals surface area contributed by atoms with Crippen LogP contribution in [0.5, 0.6) is 5.75 Å². The number of para-hydroxylation sites is 2. The third kappa shape index (κ3) is 4.06. The first-order valence-corrected chi connectivity index (χ1v) is 8.13. The highest BCUT2D eigenvalue weighted by molar-refractivity contribution is 6.32. The summed E-state index contributed by atoms with van der Waals surface area (Å²) in [6, 6.07) is 10.1. The third-order valence-corrected chi connectivity index (χ3v) is 4.03. The molecule has 0 saturated heterocycles. The number of carbonyl (C=O) groups excluding carboxylic acids is 1. The van der Waals surface area contributed by atoms with Crippen LogP contribution in [0.3, 0.4) is 0 Å². The fourth-order valence-corrected chi connectivity index (χ4v) is 2.72. The summed E-state index contributed by atoms with van der Waals surface area (Å²) in [6.45, 7) is 1.31. The molecule has 1 amide bonds. The number of nitrogens with one attached hydrogen (secondary N) is 1. The van der Waals surface area contributed by atoms with Crippen LogP contribution < -0.4 is 15.7 Å². The molecule has 0 aliphatic heterocycles. The predicted octanol–water partition coefficient (Wildman–Crippen LogP) is 3.68. The Balaban J connectivity index is 1.77. The molecule has 3 rings (SSSR count). The first-order valence-electron chi connectivity index (χ1n) is 7.75. The van der Waals surface area contributed by atoms with E-state index < -0.39 is 23.1 Å². The molecule has 1 heterocycles. The van der Waals surface area contributed by atoms with Crippen molar-refractivity contribution in [3.05, 3.63) is 73.6 Å². The normalized spacial score (nSPS) is 10.6. The number of fused-ring (bicyclic) bond motifs is 1. The van der Waals surface area contributed by atoms with E-state index in [1.165, 1.54) is 30.3 Å². The molecule has 1 aromatic heterocycles. The second kappa shape index (κ2) is 7.46. The number of nitro benzene ring substituents is 1. The van der Waals surface area contributed by atoms with Gasteiger partial charge in [-0.2, -0.15) is 0 Å². The van der Waals surface area contributed by atoms with Crippen molar-refractivity contribution in [1.82, 2.24) is 0 Å². The molecule has 1 N–H and O–H groups in total. The molecule has 0 atom stereocenters. The highest BCUT2D eigenvalue weighted by Crippen LogP contribution is 2.31. The predicted molar refractivity (Wildman–Crippen MR) is 99.5 cm³/mol. The number of amides is 1. The number of hydrogen-bond acceptors (Lipinski definition) is 6. The van der Waals surface area contributed by atoms with Crippen molar-refractivity contribution in [2.75, 3.05) is 11.9 Å². The Hall–Kier alpha value is -3.39. The van der Waals surface area contributed by atoms with Crippen molar-refractivity contribution in [1.29, 1.82) is 0 Å². The number of hydrogen-bond donors (Lipinski definition) is 1. The molecule has 0 spiro atoms. The van der Waals surface area contributed by atoms with Gasteiger partial charge >= 0.3 is 5.63 Å². The van der Waals surface area contributed by atoms with Crippen molar-refractivity contribution in [3.8, 4) is 5.75 Å². The van der Waals surface area contributed by atoms with Gasteiger partial charge in [0.15, 0.2) is 6.61 Å². The van der Waals surface area contributed by atoms with Crippen LogP contribution in [0, 0.1) is 17.0 Å². The number of rotatable bonds is 5. The van der Waals surface area contributed by atoms with Crippen LogP contribution in [0.1, 0.15) is 5.56 Å². The van der Waals surface area contributed by atoms with Gasteiger partial charge in [-0.25, -0.2) is 4.79 Å². The maximum Gasteiger partial charge on any atom is 0.336 e. The van der Waals surface area contributed by atoms with Gasteiger partial charge < -0.3 is 14.5 Å². The Bertz CT molecular complexity index is 1110. The summed E-state index contributed by atoms with van der Waals surface area (Å²) < 4.78 is 10.5. The summed E-state index contributed by atoms with van der Waals surface area (Å²) in [5.74, 6) is -0.457. The van der Waals surface area contributed by atoms with E-state index in [9.17, 15) is 19.7 Å². The molecule has 0 radical (unpaired) electrons. The minimum atomic E-state index is -0.605. The molecule has 2 aromatic carbocycles. The minimum Gasteiger partial charge on any atom is -0.482 e. The van der Waals surface area contributed by atoms with Crippen LogP contribution in [0.4, 0.5) is 11.4 Å². The number of carbonyl (C=O) groups is 1. The standard InChI is InChI=1S/C18H13ClN2O6/c1-10-6-18(23)27-15-8-16(12(19)7-11(10)15)26-9-17(22)20-13-4-2-3-5-14(13)21(24)25/h2-8H,9H2,1H3,(H,20,22). The van der Waals surface area contributed by atoms with Crippen LogP contribution in [0.25, 0.3) is 11.0 Å². The Labute approximate surface area is 157 Å². The van der Waals surface area contributed by atoms with Gasteiger partial charge in [0, 0.05) is 23.6 Å². The SMILES string of the molecule is Cc1cc(=O)oc2cc(OCC(=O)Nc3ccccc3[N+](=O)[O-])c(Cl)cc12. The van der Waals surface area contributed by atoms with Gasteiger partial charge in [0.1, 0.15) is 17.0 Å². The van der Waals surface area contributed by atoms with E-state index in [0.29, 0.717) is 10.9 Å². The van der Waals surface area contributed by atoms with E-state index in [4.69, 9.17) is 20.8 Å². The van der Waals surface area contributed by atoms with Crippen LogP contribution in [-0.2, 0) is 4.79 Å². The van der Waals surface area contributed by atoms with Gasteiger partial charge in [0.2, 0.25) is 0 Å². The Morgan fingerprint density at radius 3 is 2.78 bits per heavy atom. The number of nitro groups is 1. The molecule has 0 aliphatic rings. The van der Waals surface area contributed by atoms with E-state index in [0.717, 1.165) is 0 Å². The quantitative estimate of drug-likeness (QED) is 0.405. The first kappa shape index (κ1) is 18.4. The van der Waals surface area contributed by atoms with Gasteiger partial charge in [-0.3, -0.25) is 14.9 Å². The topological polar surface area (TPSA) is 112 Å². The smallest absolute Gasteiger partial charge is 0.336 e. The second-order valence-electron chi connectivity index (χ2n) is 5.64. The van der Waals surface area contributed by atoms with Gasteiger partial charge in [-0.05, 0) is 24.6 Å².